The number of anilines is 1. The molecule has 11 heteroatoms. The Morgan fingerprint density at radius 2 is 1.48 bits per heavy atom. The van der Waals surface area contributed by atoms with Crippen molar-refractivity contribution in [1.29, 1.82) is 0 Å². The average Bonchev–Trinajstić information content (AvgIpc) is 2.94. The van der Waals surface area contributed by atoms with E-state index in [9.17, 15) is 18.0 Å². The topological polar surface area (TPSA) is 105 Å². The lowest BCUT2D eigenvalue weighted by Gasteiger charge is -2.32. The Hall–Kier alpha value is -3.76. The van der Waals surface area contributed by atoms with Crippen LogP contribution in [0.2, 0.25) is 5.02 Å². The smallest absolute Gasteiger partial charge is 0.264 e. The van der Waals surface area contributed by atoms with E-state index in [0.29, 0.717) is 16.5 Å². The lowest BCUT2D eigenvalue weighted by Crippen LogP contribution is -2.52. The van der Waals surface area contributed by atoms with Crippen molar-refractivity contribution in [1.82, 2.24) is 10.2 Å². The van der Waals surface area contributed by atoms with Crippen molar-refractivity contribution >= 4 is 39.1 Å². The number of hydrogen-bond acceptors (Lipinski definition) is 6. The van der Waals surface area contributed by atoms with E-state index in [4.69, 9.17) is 21.1 Å². The Balaban J connectivity index is 2.02. The zero-order valence-corrected chi connectivity index (χ0v) is 24.7. The molecule has 3 rings (SSSR count). The second-order valence-electron chi connectivity index (χ2n) is 9.38. The van der Waals surface area contributed by atoms with Gasteiger partial charge in [-0.25, -0.2) is 8.42 Å². The minimum atomic E-state index is -4.22. The Morgan fingerprint density at radius 1 is 0.900 bits per heavy atom. The minimum Gasteiger partial charge on any atom is -0.497 e. The molecule has 0 saturated carbocycles. The van der Waals surface area contributed by atoms with Crippen molar-refractivity contribution in [2.45, 2.75) is 44.3 Å². The summed E-state index contributed by atoms with van der Waals surface area (Å²) in [6.45, 7) is 4.76. The summed E-state index contributed by atoms with van der Waals surface area (Å²) in [4.78, 5) is 28.2. The lowest BCUT2D eigenvalue weighted by molar-refractivity contribution is -0.139. The van der Waals surface area contributed by atoms with Crippen LogP contribution in [0.25, 0.3) is 0 Å². The van der Waals surface area contributed by atoms with E-state index in [1.54, 1.807) is 56.5 Å². The second kappa shape index (κ2) is 13.5. The van der Waals surface area contributed by atoms with E-state index < -0.39 is 28.5 Å². The molecule has 0 unspecified atom stereocenters. The maximum absolute atomic E-state index is 13.9. The van der Waals surface area contributed by atoms with E-state index in [-0.39, 0.29) is 29.1 Å². The molecule has 214 valence electrons. The fourth-order valence-corrected chi connectivity index (χ4v) is 5.54. The summed E-state index contributed by atoms with van der Waals surface area (Å²) in [5.74, 6) is 0.202. The Kier molecular flexibility index (Phi) is 10.4. The summed E-state index contributed by atoms with van der Waals surface area (Å²) >= 11 is 6.20. The molecule has 0 heterocycles. The van der Waals surface area contributed by atoms with E-state index in [2.05, 4.69) is 5.32 Å². The van der Waals surface area contributed by atoms with Gasteiger partial charge in [-0.3, -0.25) is 13.9 Å². The number of carbonyl (C=O) groups excluding carboxylic acids is 2. The summed E-state index contributed by atoms with van der Waals surface area (Å²) in [5, 5.41) is 3.13. The Bertz CT molecular complexity index is 1410. The molecule has 0 saturated heterocycles. The van der Waals surface area contributed by atoms with Gasteiger partial charge in [-0.05, 0) is 80.9 Å². The van der Waals surface area contributed by atoms with Crippen LogP contribution in [-0.2, 0) is 26.2 Å². The summed E-state index contributed by atoms with van der Waals surface area (Å²) in [6.07, 6.45) is 0. The van der Waals surface area contributed by atoms with Gasteiger partial charge in [0.05, 0.1) is 24.8 Å². The molecule has 0 spiro atoms. The maximum Gasteiger partial charge on any atom is 0.264 e. The number of ether oxygens (including phenoxy) is 2. The second-order valence-corrected chi connectivity index (χ2v) is 11.7. The van der Waals surface area contributed by atoms with Crippen molar-refractivity contribution in [3.63, 3.8) is 0 Å². The largest absolute Gasteiger partial charge is 0.497 e. The summed E-state index contributed by atoms with van der Waals surface area (Å²) in [6, 6.07) is 18.2. The van der Waals surface area contributed by atoms with Crippen molar-refractivity contribution in [3.8, 4) is 11.5 Å². The van der Waals surface area contributed by atoms with Crippen LogP contribution >= 0.6 is 11.6 Å². The number of nitrogens with zero attached hydrogens (tertiary/aromatic N) is 2. The van der Waals surface area contributed by atoms with Gasteiger partial charge in [-0.15, -0.1) is 0 Å². The highest BCUT2D eigenvalue weighted by atomic mass is 35.5. The average molecular weight is 588 g/mol. The van der Waals surface area contributed by atoms with Crippen molar-refractivity contribution in [2.75, 3.05) is 25.1 Å². The van der Waals surface area contributed by atoms with E-state index >= 15 is 0 Å². The summed E-state index contributed by atoms with van der Waals surface area (Å²) in [5.41, 5.74) is 0.950. The van der Waals surface area contributed by atoms with Gasteiger partial charge in [0, 0.05) is 17.6 Å². The molecule has 0 aliphatic carbocycles. The molecule has 2 amide bonds. The molecule has 3 aromatic rings. The molecule has 0 fully saturated rings. The molecule has 1 atom stereocenters. The number of hydrogen-bond donors (Lipinski definition) is 1. The molecule has 0 bridgehead atoms. The number of carbonyl (C=O) groups is 2. The van der Waals surface area contributed by atoms with Gasteiger partial charge >= 0.3 is 0 Å². The van der Waals surface area contributed by atoms with Crippen molar-refractivity contribution in [2.24, 2.45) is 0 Å². The van der Waals surface area contributed by atoms with Crippen LogP contribution in [0, 0.1) is 0 Å². The van der Waals surface area contributed by atoms with Crippen LogP contribution in [0.5, 0.6) is 11.5 Å². The standard InChI is InChI=1S/C29H34ClN3O6S/c1-20(2)31-29(35)21(3)32(18-22-9-11-25(38-4)12-10-22)28(34)19-33(24-8-6-7-23(30)17-24)40(36,37)27-15-13-26(39-5)14-16-27/h6-17,20-21H,18-19H2,1-5H3,(H,31,35)/t21-/m0/s1. The number of benzene rings is 3. The first-order valence-electron chi connectivity index (χ1n) is 12.6. The third-order valence-electron chi connectivity index (χ3n) is 6.13. The normalized spacial score (nSPS) is 12.0. The predicted octanol–water partition coefficient (Wildman–Crippen LogP) is 4.49. The maximum atomic E-state index is 13.9. The number of methoxy groups -OCH3 is 2. The third kappa shape index (κ3) is 7.67. The molecule has 9 nitrogen and oxygen atoms in total. The highest BCUT2D eigenvalue weighted by molar-refractivity contribution is 7.92. The predicted molar refractivity (Wildman–Crippen MR) is 155 cm³/mol. The highest BCUT2D eigenvalue weighted by Crippen LogP contribution is 2.28. The Labute approximate surface area is 240 Å². The summed E-state index contributed by atoms with van der Waals surface area (Å²) in [7, 11) is -1.18. The molecule has 0 aliphatic rings. The first-order chi connectivity index (χ1) is 19.0. The monoisotopic (exact) mass is 587 g/mol. The van der Waals surface area contributed by atoms with Crippen LogP contribution < -0.4 is 19.1 Å². The van der Waals surface area contributed by atoms with Crippen LogP contribution in [0.1, 0.15) is 26.3 Å². The third-order valence-corrected chi connectivity index (χ3v) is 8.16. The molecule has 0 aromatic heterocycles. The fraction of sp³-hybridized carbons (Fsp3) is 0.310. The van der Waals surface area contributed by atoms with Crippen LogP contribution in [-0.4, -0.2) is 58.0 Å². The first-order valence-corrected chi connectivity index (χ1v) is 14.4. The zero-order valence-electron chi connectivity index (χ0n) is 23.1. The van der Waals surface area contributed by atoms with Crippen molar-refractivity contribution < 1.29 is 27.5 Å². The van der Waals surface area contributed by atoms with E-state index in [0.717, 1.165) is 9.87 Å². The van der Waals surface area contributed by atoms with E-state index in [1.807, 2.05) is 13.8 Å². The highest BCUT2D eigenvalue weighted by Gasteiger charge is 2.32. The van der Waals surface area contributed by atoms with Gasteiger partial charge in [-0.1, -0.05) is 29.8 Å². The summed E-state index contributed by atoms with van der Waals surface area (Å²) < 4.78 is 39.1. The first kappa shape index (κ1) is 30.8. The van der Waals surface area contributed by atoms with Gasteiger partial charge in [0.15, 0.2) is 0 Å². The van der Waals surface area contributed by atoms with Crippen LogP contribution in [0.4, 0.5) is 5.69 Å². The van der Waals surface area contributed by atoms with Gasteiger partial charge in [0.2, 0.25) is 11.8 Å². The molecule has 1 N–H and O–H groups in total. The Morgan fingerprint density at radius 3 is 2.00 bits per heavy atom. The lowest BCUT2D eigenvalue weighted by atomic mass is 10.1. The molecule has 0 aliphatic heterocycles. The molecular formula is C29H34ClN3O6S. The quantitative estimate of drug-likeness (QED) is 0.335. The molecular weight excluding hydrogens is 554 g/mol. The van der Waals surface area contributed by atoms with Crippen LogP contribution in [0.3, 0.4) is 0 Å². The number of sulfonamides is 1. The van der Waals surface area contributed by atoms with Gasteiger partial charge in [0.1, 0.15) is 24.1 Å². The number of amides is 2. The van der Waals surface area contributed by atoms with E-state index in [1.165, 1.54) is 42.3 Å². The number of nitrogens with one attached hydrogen (secondary N) is 1. The van der Waals surface area contributed by atoms with Gasteiger partial charge in [-0.2, -0.15) is 0 Å². The zero-order chi connectivity index (χ0) is 29.4. The molecule has 40 heavy (non-hydrogen) atoms. The van der Waals surface area contributed by atoms with Gasteiger partial charge < -0.3 is 19.7 Å². The van der Waals surface area contributed by atoms with Crippen LogP contribution in [0.15, 0.2) is 77.7 Å². The number of halogens is 1. The molecule has 3 aromatic carbocycles. The van der Waals surface area contributed by atoms with Gasteiger partial charge in [0.25, 0.3) is 10.0 Å². The SMILES string of the molecule is COc1ccc(CN(C(=O)CN(c2cccc(Cl)c2)S(=O)(=O)c2ccc(OC)cc2)[C@@H](C)C(=O)NC(C)C)cc1. The van der Waals surface area contributed by atoms with Crippen molar-refractivity contribution in [3.05, 3.63) is 83.4 Å². The minimum absolute atomic E-state index is 0.0339. The fourth-order valence-electron chi connectivity index (χ4n) is 3.95. The number of rotatable bonds is 12. The molecule has 0 radical (unpaired) electrons.